The zero-order chi connectivity index (χ0) is 13.8. The Morgan fingerprint density at radius 1 is 1.00 bits per heavy atom. The van der Waals surface area contributed by atoms with Crippen LogP contribution in [0, 0.1) is 5.82 Å². The van der Waals surface area contributed by atoms with Crippen molar-refractivity contribution < 1.29 is 4.39 Å². The predicted octanol–water partition coefficient (Wildman–Crippen LogP) is 3.90. The van der Waals surface area contributed by atoms with Gasteiger partial charge in [0.1, 0.15) is 5.82 Å². The molecule has 0 radical (unpaired) electrons. The number of hydrogen-bond acceptors (Lipinski definition) is 1. The van der Waals surface area contributed by atoms with Crippen LogP contribution < -0.4 is 5.32 Å². The van der Waals surface area contributed by atoms with Crippen LogP contribution in [-0.4, -0.2) is 12.6 Å². The normalized spacial score (nSPS) is 16.1. The van der Waals surface area contributed by atoms with Crippen molar-refractivity contribution in [2.24, 2.45) is 0 Å². The first-order valence-electron chi connectivity index (χ1n) is 7.34. The van der Waals surface area contributed by atoms with Crippen molar-refractivity contribution >= 4 is 0 Å². The van der Waals surface area contributed by atoms with Gasteiger partial charge in [-0.05, 0) is 42.5 Å². The molecule has 20 heavy (non-hydrogen) atoms. The lowest BCUT2D eigenvalue weighted by molar-refractivity contribution is 0.574. The molecule has 1 unspecified atom stereocenters. The fourth-order valence-electron chi connectivity index (χ4n) is 2.54. The molecule has 0 amide bonds. The second kappa shape index (κ2) is 6.19. The molecule has 1 fully saturated rings. The number of hydrogen-bond donors (Lipinski definition) is 1. The smallest absolute Gasteiger partial charge is 0.123 e. The van der Waals surface area contributed by atoms with Crippen LogP contribution >= 0.6 is 0 Å². The molecule has 1 nitrogen and oxygen atoms in total. The molecule has 0 bridgehead atoms. The average molecular weight is 269 g/mol. The SMILES string of the molecule is Fc1ccc(C(CNC2CC2)Cc2ccccc2)cc1. The summed E-state index contributed by atoms with van der Waals surface area (Å²) in [5, 5.41) is 3.60. The van der Waals surface area contributed by atoms with Crippen molar-refractivity contribution in [3.63, 3.8) is 0 Å². The van der Waals surface area contributed by atoms with Crippen LogP contribution in [0.3, 0.4) is 0 Å². The quantitative estimate of drug-likeness (QED) is 0.838. The zero-order valence-corrected chi connectivity index (χ0v) is 11.6. The van der Waals surface area contributed by atoms with Crippen molar-refractivity contribution in [1.29, 1.82) is 0 Å². The monoisotopic (exact) mass is 269 g/mol. The summed E-state index contributed by atoms with van der Waals surface area (Å²) in [6, 6.07) is 18.2. The van der Waals surface area contributed by atoms with Crippen LogP contribution in [0.15, 0.2) is 54.6 Å². The van der Waals surface area contributed by atoms with Gasteiger partial charge in [0, 0.05) is 18.5 Å². The minimum Gasteiger partial charge on any atom is -0.313 e. The van der Waals surface area contributed by atoms with E-state index in [0.29, 0.717) is 12.0 Å². The Bertz CT molecular complexity index is 531. The van der Waals surface area contributed by atoms with E-state index >= 15 is 0 Å². The van der Waals surface area contributed by atoms with E-state index in [1.54, 1.807) is 12.1 Å². The summed E-state index contributed by atoms with van der Waals surface area (Å²) in [7, 11) is 0. The third-order valence-electron chi connectivity index (χ3n) is 3.90. The third kappa shape index (κ3) is 3.67. The van der Waals surface area contributed by atoms with Gasteiger partial charge in [0.2, 0.25) is 0 Å². The van der Waals surface area contributed by atoms with Gasteiger partial charge < -0.3 is 5.32 Å². The van der Waals surface area contributed by atoms with Gasteiger partial charge in [-0.15, -0.1) is 0 Å². The average Bonchev–Trinajstić information content (AvgIpc) is 3.30. The second-order valence-electron chi connectivity index (χ2n) is 5.62. The van der Waals surface area contributed by atoms with Crippen LogP contribution in [-0.2, 0) is 6.42 Å². The van der Waals surface area contributed by atoms with Crippen molar-refractivity contribution in [3.8, 4) is 0 Å². The van der Waals surface area contributed by atoms with E-state index in [1.165, 1.54) is 24.0 Å². The summed E-state index contributed by atoms with van der Waals surface area (Å²) in [4.78, 5) is 0. The molecule has 0 aromatic heterocycles. The minimum atomic E-state index is -0.164. The van der Waals surface area contributed by atoms with Gasteiger partial charge in [-0.1, -0.05) is 42.5 Å². The molecule has 3 rings (SSSR count). The van der Waals surface area contributed by atoms with Gasteiger partial charge in [0.05, 0.1) is 0 Å². The number of nitrogens with one attached hydrogen (secondary N) is 1. The topological polar surface area (TPSA) is 12.0 Å². The lowest BCUT2D eigenvalue weighted by Crippen LogP contribution is -2.24. The van der Waals surface area contributed by atoms with Crippen LogP contribution in [0.25, 0.3) is 0 Å². The molecule has 0 saturated heterocycles. The largest absolute Gasteiger partial charge is 0.313 e. The lowest BCUT2D eigenvalue weighted by Gasteiger charge is -2.18. The van der Waals surface area contributed by atoms with Gasteiger partial charge >= 0.3 is 0 Å². The summed E-state index contributed by atoms with van der Waals surface area (Å²) in [5.41, 5.74) is 2.54. The molecule has 1 aliphatic carbocycles. The molecule has 1 N–H and O–H groups in total. The van der Waals surface area contributed by atoms with Gasteiger partial charge in [0.15, 0.2) is 0 Å². The summed E-state index contributed by atoms with van der Waals surface area (Å²) >= 11 is 0. The number of halogens is 1. The number of benzene rings is 2. The summed E-state index contributed by atoms with van der Waals surface area (Å²) in [6.45, 7) is 0.963. The maximum Gasteiger partial charge on any atom is 0.123 e. The molecule has 2 heteroatoms. The molecule has 0 spiro atoms. The standard InChI is InChI=1S/C18H20FN/c19-17-8-6-15(7-9-17)16(13-20-18-10-11-18)12-14-4-2-1-3-5-14/h1-9,16,18,20H,10-13H2. The molecule has 104 valence electrons. The fourth-order valence-corrected chi connectivity index (χ4v) is 2.54. The Hall–Kier alpha value is -1.67. The van der Waals surface area contributed by atoms with E-state index in [9.17, 15) is 4.39 Å². The van der Waals surface area contributed by atoms with Crippen LogP contribution in [0.2, 0.25) is 0 Å². The van der Waals surface area contributed by atoms with E-state index in [0.717, 1.165) is 13.0 Å². The van der Waals surface area contributed by atoms with Crippen molar-refractivity contribution in [1.82, 2.24) is 5.32 Å². The first-order valence-corrected chi connectivity index (χ1v) is 7.34. The van der Waals surface area contributed by atoms with E-state index in [-0.39, 0.29) is 5.82 Å². The Morgan fingerprint density at radius 2 is 1.70 bits per heavy atom. The Morgan fingerprint density at radius 3 is 2.35 bits per heavy atom. The Balaban J connectivity index is 1.73. The molecule has 1 saturated carbocycles. The van der Waals surface area contributed by atoms with Crippen molar-refractivity contribution in [2.75, 3.05) is 6.54 Å². The van der Waals surface area contributed by atoms with E-state index in [1.807, 2.05) is 18.2 Å². The van der Waals surface area contributed by atoms with Gasteiger partial charge in [0.25, 0.3) is 0 Å². The predicted molar refractivity (Wildman–Crippen MR) is 80.3 cm³/mol. The van der Waals surface area contributed by atoms with Crippen molar-refractivity contribution in [2.45, 2.75) is 31.2 Å². The summed E-state index contributed by atoms with van der Waals surface area (Å²) in [5.74, 6) is 0.237. The first kappa shape index (κ1) is 13.3. The van der Waals surface area contributed by atoms with Crippen LogP contribution in [0.5, 0.6) is 0 Å². The highest BCUT2D eigenvalue weighted by molar-refractivity contribution is 5.25. The van der Waals surface area contributed by atoms with Crippen LogP contribution in [0.4, 0.5) is 4.39 Å². The Labute approximate surface area is 119 Å². The molecular formula is C18H20FN. The summed E-state index contributed by atoms with van der Waals surface area (Å²) in [6.07, 6.45) is 3.58. The van der Waals surface area contributed by atoms with Gasteiger partial charge in [-0.25, -0.2) is 4.39 Å². The van der Waals surface area contributed by atoms with E-state index in [2.05, 4.69) is 29.6 Å². The maximum absolute atomic E-state index is 13.1. The second-order valence-corrected chi connectivity index (χ2v) is 5.62. The van der Waals surface area contributed by atoms with E-state index < -0.39 is 0 Å². The lowest BCUT2D eigenvalue weighted by atomic mass is 9.92. The molecule has 0 aliphatic heterocycles. The molecule has 2 aromatic carbocycles. The molecular weight excluding hydrogens is 249 g/mol. The maximum atomic E-state index is 13.1. The molecule has 2 aromatic rings. The molecule has 1 atom stereocenters. The highest BCUT2D eigenvalue weighted by Gasteiger charge is 2.22. The summed E-state index contributed by atoms with van der Waals surface area (Å²) < 4.78 is 13.1. The number of rotatable bonds is 6. The minimum absolute atomic E-state index is 0.164. The third-order valence-corrected chi connectivity index (χ3v) is 3.90. The fraction of sp³-hybridized carbons (Fsp3) is 0.333. The highest BCUT2D eigenvalue weighted by Crippen LogP contribution is 2.24. The van der Waals surface area contributed by atoms with E-state index in [4.69, 9.17) is 0 Å². The van der Waals surface area contributed by atoms with Crippen molar-refractivity contribution in [3.05, 3.63) is 71.5 Å². The zero-order valence-electron chi connectivity index (χ0n) is 11.6. The van der Waals surface area contributed by atoms with Gasteiger partial charge in [-0.3, -0.25) is 0 Å². The Kier molecular flexibility index (Phi) is 4.12. The molecule has 1 aliphatic rings. The van der Waals surface area contributed by atoms with Gasteiger partial charge in [-0.2, -0.15) is 0 Å². The van der Waals surface area contributed by atoms with Crippen LogP contribution in [0.1, 0.15) is 29.9 Å². The highest BCUT2D eigenvalue weighted by atomic mass is 19.1. The molecule has 0 heterocycles. The first-order chi connectivity index (χ1) is 9.81.